The third-order valence-electron chi connectivity index (χ3n) is 3.25. The first kappa shape index (κ1) is 18.3. The second kappa shape index (κ2) is 8.68. The smallest absolute Gasteiger partial charge is 0.253 e. The lowest BCUT2D eigenvalue weighted by molar-refractivity contribution is -0.302. The Balaban J connectivity index is 2.22. The van der Waals surface area contributed by atoms with Gasteiger partial charge in [-0.25, -0.2) is 4.89 Å². The lowest BCUT2D eigenvalue weighted by Gasteiger charge is -2.44. The van der Waals surface area contributed by atoms with Crippen molar-refractivity contribution in [3.05, 3.63) is 30.1 Å². The van der Waals surface area contributed by atoms with E-state index < -0.39 is 20.3 Å². The van der Waals surface area contributed by atoms with Gasteiger partial charge in [-0.05, 0) is 6.07 Å². The van der Waals surface area contributed by atoms with Crippen LogP contribution in [-0.4, -0.2) is 46.0 Å². The summed E-state index contributed by atoms with van der Waals surface area (Å²) < 4.78 is 7.32. The maximum Gasteiger partial charge on any atom is 0.253 e. The molecule has 0 spiro atoms. The van der Waals surface area contributed by atoms with Crippen molar-refractivity contribution in [1.82, 2.24) is 14.7 Å². The van der Waals surface area contributed by atoms with Gasteiger partial charge in [0.2, 0.25) is 0 Å². The Labute approximate surface area is 139 Å². The normalized spacial score (nSPS) is 29.0. The molecule has 1 aromatic heterocycles. The minimum atomic E-state index is -3.45. The maximum absolute atomic E-state index is 13.1. The molecule has 3 atom stereocenters. The van der Waals surface area contributed by atoms with E-state index in [1.54, 1.807) is 23.1 Å². The highest BCUT2D eigenvalue weighted by molar-refractivity contribution is 7.59. The van der Waals surface area contributed by atoms with Crippen molar-refractivity contribution in [3.8, 4) is 0 Å². The van der Waals surface area contributed by atoms with Gasteiger partial charge in [-0.2, -0.15) is 4.52 Å². The number of hydrogen-bond acceptors (Lipinski definition) is 7. The zero-order chi connectivity index (χ0) is 16.0. The molecule has 7 nitrogen and oxygen atoms in total. The molecule has 1 unspecified atom stereocenters. The summed E-state index contributed by atoms with van der Waals surface area (Å²) >= 11 is 11.5. The van der Waals surface area contributed by atoms with E-state index in [-0.39, 0.29) is 11.8 Å². The van der Waals surface area contributed by atoms with Crippen LogP contribution < -0.4 is 9.98 Å². The number of pyridine rings is 1. The Hall–Kier alpha value is -0.0800. The Morgan fingerprint density at radius 2 is 2.23 bits per heavy atom. The monoisotopic (exact) mass is 369 g/mol. The Kier molecular flexibility index (Phi) is 7.21. The topological polar surface area (TPSA) is 89.9 Å². The lowest BCUT2D eigenvalue weighted by Crippen LogP contribution is -2.51. The van der Waals surface area contributed by atoms with E-state index >= 15 is 0 Å². The zero-order valence-corrected chi connectivity index (χ0v) is 14.2. The molecule has 1 aliphatic heterocycles. The van der Waals surface area contributed by atoms with Crippen LogP contribution in [0.3, 0.4) is 0 Å². The van der Waals surface area contributed by atoms with Gasteiger partial charge < -0.3 is 4.89 Å². The number of hydrogen-bond donors (Lipinski definition) is 2. The second-order valence-corrected chi connectivity index (χ2v) is 7.52. The summed E-state index contributed by atoms with van der Waals surface area (Å²) in [5, 5.41) is 11.7. The van der Waals surface area contributed by atoms with E-state index in [0.717, 1.165) is 5.56 Å². The SMILES string of the molecule is [O-][P+]1(N(CCCl)CCCl)N[C@H](OO)C[C@@H](c2cccnc2)O1. The van der Waals surface area contributed by atoms with Gasteiger partial charge in [0.25, 0.3) is 8.02 Å². The zero-order valence-electron chi connectivity index (χ0n) is 11.8. The maximum atomic E-state index is 13.1. The first-order chi connectivity index (χ1) is 10.6. The summed E-state index contributed by atoms with van der Waals surface area (Å²) in [7, 11) is -3.45. The van der Waals surface area contributed by atoms with Crippen LogP contribution in [0, 0.1) is 0 Å². The number of nitrogens with zero attached hydrogens (tertiary/aromatic N) is 2. The molecule has 0 radical (unpaired) electrons. The Bertz CT molecular complexity index is 455. The first-order valence-electron chi connectivity index (χ1n) is 6.76. The van der Waals surface area contributed by atoms with Gasteiger partial charge >= 0.3 is 0 Å². The number of aromatic nitrogens is 1. The summed E-state index contributed by atoms with van der Waals surface area (Å²) in [5.41, 5.74) is 0.753. The number of halogens is 2. The van der Waals surface area contributed by atoms with Crippen molar-refractivity contribution < 1.29 is 19.6 Å². The average molecular weight is 370 g/mol. The summed E-state index contributed by atoms with van der Waals surface area (Å²) in [4.78, 5) is 21.5. The van der Waals surface area contributed by atoms with Crippen LogP contribution in [0.1, 0.15) is 18.1 Å². The quantitative estimate of drug-likeness (QED) is 0.327. The fraction of sp³-hybridized carbons (Fsp3) is 0.583. The van der Waals surface area contributed by atoms with Crippen molar-refractivity contribution in [3.63, 3.8) is 0 Å². The van der Waals surface area contributed by atoms with Crippen LogP contribution >= 0.6 is 31.2 Å². The van der Waals surface area contributed by atoms with Crippen LogP contribution in [0.2, 0.25) is 0 Å². The van der Waals surface area contributed by atoms with Crippen LogP contribution in [0.25, 0.3) is 0 Å². The molecule has 0 amide bonds. The van der Waals surface area contributed by atoms with Crippen molar-refractivity contribution in [2.75, 3.05) is 24.8 Å². The average Bonchev–Trinajstić information content (AvgIpc) is 2.55. The molecule has 1 aliphatic rings. The molecule has 1 aromatic rings. The van der Waals surface area contributed by atoms with Gasteiger partial charge in [-0.15, -0.1) is 33.0 Å². The van der Waals surface area contributed by atoms with Crippen LogP contribution in [0.5, 0.6) is 0 Å². The Morgan fingerprint density at radius 3 is 2.77 bits per heavy atom. The Morgan fingerprint density at radius 1 is 1.50 bits per heavy atom. The standard InChI is InChI=1S/C12H18Cl2N3O4P/c13-3-6-17(7-4-14)22(19)16-12(20-18)8-11(21-22)10-2-1-5-15-9-10/h1-2,5,9,11-12,18H,3-4,6-8H2,(H,16,19)/t11-,12+,22?/m0/s1. The molecule has 2 rings (SSSR count). The van der Waals surface area contributed by atoms with E-state index in [9.17, 15) is 4.89 Å². The van der Waals surface area contributed by atoms with Gasteiger partial charge in [-0.1, -0.05) is 6.07 Å². The molecule has 0 aliphatic carbocycles. The fourth-order valence-corrected chi connectivity index (χ4v) is 5.02. The van der Waals surface area contributed by atoms with Crippen molar-refractivity contribution in [1.29, 1.82) is 0 Å². The molecular weight excluding hydrogens is 352 g/mol. The minimum absolute atomic E-state index is 0.272. The summed E-state index contributed by atoms with van der Waals surface area (Å²) in [6.45, 7) is 0.660. The van der Waals surface area contributed by atoms with Gasteiger partial charge in [0, 0.05) is 36.1 Å². The van der Waals surface area contributed by atoms with E-state index in [2.05, 4.69) is 15.0 Å². The molecule has 124 valence electrons. The molecule has 0 aromatic carbocycles. The lowest BCUT2D eigenvalue weighted by atomic mass is 10.1. The van der Waals surface area contributed by atoms with Crippen LogP contribution in [0.4, 0.5) is 0 Å². The fourth-order valence-electron chi connectivity index (χ4n) is 2.22. The molecule has 1 fully saturated rings. The highest BCUT2D eigenvalue weighted by atomic mass is 35.5. The molecule has 2 heterocycles. The van der Waals surface area contributed by atoms with Crippen molar-refractivity contribution >= 4 is 31.2 Å². The van der Waals surface area contributed by atoms with Crippen molar-refractivity contribution in [2.45, 2.75) is 18.8 Å². The van der Waals surface area contributed by atoms with Gasteiger partial charge in [0.1, 0.15) is 6.10 Å². The predicted molar refractivity (Wildman–Crippen MR) is 83.3 cm³/mol. The third kappa shape index (κ3) is 4.47. The molecule has 10 heteroatoms. The number of rotatable bonds is 7. The van der Waals surface area contributed by atoms with E-state index in [1.165, 1.54) is 0 Å². The van der Waals surface area contributed by atoms with Gasteiger partial charge in [0.15, 0.2) is 6.23 Å². The molecule has 0 saturated carbocycles. The first-order valence-corrected chi connectivity index (χ1v) is 9.41. The minimum Gasteiger partial charge on any atom is -0.626 e. The highest BCUT2D eigenvalue weighted by Crippen LogP contribution is 2.58. The summed E-state index contributed by atoms with van der Waals surface area (Å²) in [6.07, 6.45) is 2.21. The third-order valence-corrected chi connectivity index (χ3v) is 5.88. The van der Waals surface area contributed by atoms with E-state index in [4.69, 9.17) is 33.0 Å². The van der Waals surface area contributed by atoms with Crippen LogP contribution in [-0.2, 0) is 9.41 Å². The number of alkyl halides is 2. The molecular formula is C12H18Cl2N3O4P. The van der Waals surface area contributed by atoms with E-state index in [0.29, 0.717) is 19.5 Å². The summed E-state index contributed by atoms with van der Waals surface area (Å²) in [5.74, 6) is 0.544. The molecule has 2 N–H and O–H groups in total. The predicted octanol–water partition coefficient (Wildman–Crippen LogP) is 1.77. The highest BCUT2D eigenvalue weighted by Gasteiger charge is 2.47. The van der Waals surface area contributed by atoms with E-state index in [1.807, 2.05) is 6.07 Å². The molecule has 22 heavy (non-hydrogen) atoms. The summed E-state index contributed by atoms with van der Waals surface area (Å²) in [6, 6.07) is 3.57. The van der Waals surface area contributed by atoms with Gasteiger partial charge in [-0.3, -0.25) is 10.2 Å². The molecule has 0 bridgehead atoms. The molecule has 1 saturated heterocycles. The van der Waals surface area contributed by atoms with Crippen molar-refractivity contribution in [2.24, 2.45) is 0 Å². The van der Waals surface area contributed by atoms with Crippen LogP contribution in [0.15, 0.2) is 24.5 Å². The van der Waals surface area contributed by atoms with Gasteiger partial charge in [0.05, 0.1) is 13.1 Å². The number of nitrogens with one attached hydrogen (secondary N) is 1. The second-order valence-electron chi connectivity index (χ2n) is 4.69. The largest absolute Gasteiger partial charge is 0.626 e.